The molecule has 7 rings (SSSR count). The first-order valence-electron chi connectivity index (χ1n) is 20.8. The maximum absolute atomic E-state index is 15.5. The molecule has 1 heterocycles. The second-order valence-electron chi connectivity index (χ2n) is 17.9. The third-order valence-electron chi connectivity index (χ3n) is 14.0. The van der Waals surface area contributed by atoms with Crippen LogP contribution in [0.4, 0.5) is 0 Å². The molecule has 2 bridgehead atoms. The number of Topliss-reactive ketones (excluding diaryl/α,β-unsaturated/α-hetero) is 2. The van der Waals surface area contributed by atoms with Crippen molar-refractivity contribution >= 4 is 35.4 Å². The summed E-state index contributed by atoms with van der Waals surface area (Å²) in [5.74, 6) is -5.92. The van der Waals surface area contributed by atoms with E-state index < -0.39 is 106 Å². The normalized spacial score (nSPS) is 31.9. The number of hydrogen-bond donors (Lipinski definition) is 4. The third kappa shape index (κ3) is 7.36. The van der Waals surface area contributed by atoms with Gasteiger partial charge in [-0.1, -0.05) is 80.6 Å². The van der Waals surface area contributed by atoms with Crippen LogP contribution in [-0.2, 0) is 38.1 Å². The number of carbonyl (C=O) groups is 6. The maximum Gasteiger partial charge on any atom is 0.338 e. The molecule has 14 nitrogen and oxygen atoms in total. The van der Waals surface area contributed by atoms with Crippen LogP contribution in [0.1, 0.15) is 93.1 Å². The summed E-state index contributed by atoms with van der Waals surface area (Å²) >= 11 is 0. The van der Waals surface area contributed by atoms with E-state index in [1.807, 2.05) is 0 Å². The zero-order chi connectivity index (χ0) is 44.9. The van der Waals surface area contributed by atoms with Gasteiger partial charge in [0.1, 0.15) is 23.6 Å². The molecule has 3 aliphatic carbocycles. The predicted molar refractivity (Wildman–Crippen MR) is 221 cm³/mol. The van der Waals surface area contributed by atoms with E-state index in [9.17, 15) is 39.3 Å². The zero-order valence-corrected chi connectivity index (χ0v) is 35.5. The summed E-state index contributed by atoms with van der Waals surface area (Å²) in [6.45, 7) is 8.63. The second kappa shape index (κ2) is 16.6. The second-order valence-corrected chi connectivity index (χ2v) is 17.9. The molecular formula is C48H53NO13. The fraction of sp³-hybridized carbons (Fsp3) is 0.458. The number of ketones is 2. The number of esters is 3. The molecule has 0 unspecified atom stereocenters. The number of hydrogen-bond acceptors (Lipinski definition) is 13. The average molecular weight is 852 g/mol. The van der Waals surface area contributed by atoms with Gasteiger partial charge in [-0.25, -0.2) is 9.59 Å². The van der Waals surface area contributed by atoms with Crippen molar-refractivity contribution in [2.75, 3.05) is 6.61 Å². The van der Waals surface area contributed by atoms with Crippen LogP contribution in [0.5, 0.6) is 0 Å². The standard InChI is InChI=1S/C48H53NO13/c1-26(50)23-47-25-59-34(47)22-33(52)46(6)39(47)41(62-43(56)31-20-14-9-15-21-31)48(58)24-32(27(2)35(45(48,4)5)38(40(46)54)60-28(3)51)61-44(57)37(53)36(29-16-10-7-11-17-29)49-42(55)30-18-12-8-13-19-30/h7-21,32-34,36-39,41,52-53,58H,22-25H2,1-6H3,(H,49,55)/t32-,33-,34+,36-,37+,38+,39-,41-,46+,47+,48+/m0/s1. The lowest BCUT2D eigenvalue weighted by atomic mass is 9.41. The summed E-state index contributed by atoms with van der Waals surface area (Å²) in [4.78, 5) is 83.8. The number of rotatable bonds is 11. The summed E-state index contributed by atoms with van der Waals surface area (Å²) < 4.78 is 24.5. The Morgan fingerprint density at radius 1 is 0.855 bits per heavy atom. The number of nitrogens with one attached hydrogen (secondary N) is 1. The third-order valence-corrected chi connectivity index (χ3v) is 14.0. The van der Waals surface area contributed by atoms with Gasteiger partial charge in [-0.15, -0.1) is 0 Å². The SMILES string of the molecule is CC(=O)C[C@@]12CO[C@@H]1C[C@H](O)[C@@]1(C)C(=O)[C@H](OC(C)=O)C3=C(C)[C@@H](OC(=O)[C@H](O)[C@@H](NC(=O)c4ccccc4)c4ccccc4)C[C@@](O)([C@@H](OC(=O)c4ccccc4)[C@H]21)C3(C)C. The number of benzene rings is 3. The lowest BCUT2D eigenvalue weighted by Crippen LogP contribution is -2.78. The number of carbonyl (C=O) groups excluding carboxylic acids is 6. The van der Waals surface area contributed by atoms with E-state index in [-0.39, 0.29) is 47.5 Å². The lowest BCUT2D eigenvalue weighted by Gasteiger charge is -2.68. The van der Waals surface area contributed by atoms with E-state index >= 15 is 4.79 Å². The molecule has 1 aliphatic heterocycles. The van der Waals surface area contributed by atoms with E-state index in [0.717, 1.165) is 6.92 Å². The summed E-state index contributed by atoms with van der Waals surface area (Å²) in [6, 6.07) is 23.2. The van der Waals surface area contributed by atoms with Crippen molar-refractivity contribution in [1.82, 2.24) is 5.32 Å². The van der Waals surface area contributed by atoms with E-state index in [1.54, 1.807) is 99.6 Å². The molecule has 2 saturated carbocycles. The molecule has 3 aromatic carbocycles. The van der Waals surface area contributed by atoms with Crippen LogP contribution in [-0.4, -0.2) is 99.5 Å². The highest BCUT2D eigenvalue weighted by Crippen LogP contribution is 2.67. The Hall–Kier alpha value is -5.54. The summed E-state index contributed by atoms with van der Waals surface area (Å²) in [7, 11) is 0. The Labute approximate surface area is 359 Å². The molecule has 1 saturated heterocycles. The highest BCUT2D eigenvalue weighted by molar-refractivity contribution is 5.96. The number of aliphatic hydroxyl groups is 3. The van der Waals surface area contributed by atoms with Crippen LogP contribution in [0, 0.1) is 22.2 Å². The minimum atomic E-state index is -2.31. The molecule has 3 aromatic rings. The van der Waals surface area contributed by atoms with Gasteiger partial charge in [0.05, 0.1) is 35.8 Å². The van der Waals surface area contributed by atoms with Crippen molar-refractivity contribution in [3.05, 3.63) is 119 Å². The monoisotopic (exact) mass is 851 g/mol. The molecule has 0 aromatic heterocycles. The topological polar surface area (TPSA) is 212 Å². The molecule has 11 atom stereocenters. The zero-order valence-electron chi connectivity index (χ0n) is 35.5. The highest BCUT2D eigenvalue weighted by atomic mass is 16.6. The van der Waals surface area contributed by atoms with Gasteiger partial charge in [-0.2, -0.15) is 0 Å². The van der Waals surface area contributed by atoms with Crippen LogP contribution in [0.3, 0.4) is 0 Å². The van der Waals surface area contributed by atoms with E-state index in [1.165, 1.54) is 26.0 Å². The lowest BCUT2D eigenvalue weighted by molar-refractivity contribution is -0.319. The van der Waals surface area contributed by atoms with Gasteiger partial charge >= 0.3 is 17.9 Å². The molecule has 3 fully saturated rings. The van der Waals surface area contributed by atoms with Gasteiger partial charge in [0.15, 0.2) is 18.0 Å². The van der Waals surface area contributed by atoms with Crippen LogP contribution in [0.25, 0.3) is 0 Å². The van der Waals surface area contributed by atoms with Crippen LogP contribution in [0.2, 0.25) is 0 Å². The summed E-state index contributed by atoms with van der Waals surface area (Å²) in [6.07, 6.45) is -9.96. The number of aliphatic hydroxyl groups excluding tert-OH is 2. The Morgan fingerprint density at radius 3 is 1.98 bits per heavy atom. The molecule has 4 aliphatic rings. The molecule has 62 heavy (non-hydrogen) atoms. The summed E-state index contributed by atoms with van der Waals surface area (Å²) in [5.41, 5.74) is -6.12. The first kappa shape index (κ1) is 44.5. The van der Waals surface area contributed by atoms with Crippen molar-refractivity contribution in [3.8, 4) is 0 Å². The minimum Gasteiger partial charge on any atom is -0.456 e. The van der Waals surface area contributed by atoms with E-state index in [0.29, 0.717) is 5.56 Å². The Balaban J connectivity index is 1.39. The Bertz CT molecular complexity index is 2280. The average Bonchev–Trinajstić information content (AvgIpc) is 3.24. The van der Waals surface area contributed by atoms with Crippen molar-refractivity contribution < 1.29 is 63.0 Å². The molecule has 1 amide bonds. The van der Waals surface area contributed by atoms with Crippen molar-refractivity contribution in [2.24, 2.45) is 22.2 Å². The van der Waals surface area contributed by atoms with Gasteiger partial charge in [0, 0.05) is 48.5 Å². The van der Waals surface area contributed by atoms with Gasteiger partial charge in [-0.05, 0) is 61.7 Å². The largest absolute Gasteiger partial charge is 0.456 e. The number of ether oxygens (including phenoxy) is 4. The van der Waals surface area contributed by atoms with E-state index in [4.69, 9.17) is 18.9 Å². The highest BCUT2D eigenvalue weighted by Gasteiger charge is 2.76. The smallest absolute Gasteiger partial charge is 0.338 e. The fourth-order valence-electron chi connectivity index (χ4n) is 10.7. The number of amides is 1. The van der Waals surface area contributed by atoms with Crippen molar-refractivity contribution in [3.63, 3.8) is 0 Å². The minimum absolute atomic E-state index is 0.0379. The predicted octanol–water partition coefficient (Wildman–Crippen LogP) is 4.40. The summed E-state index contributed by atoms with van der Waals surface area (Å²) in [5, 5.41) is 40.4. The molecule has 0 radical (unpaired) electrons. The van der Waals surface area contributed by atoms with E-state index in [2.05, 4.69) is 5.32 Å². The fourth-order valence-corrected chi connectivity index (χ4v) is 10.7. The van der Waals surface area contributed by atoms with Crippen LogP contribution < -0.4 is 5.32 Å². The van der Waals surface area contributed by atoms with Gasteiger partial charge in [0.25, 0.3) is 5.91 Å². The quantitative estimate of drug-likeness (QED) is 0.120. The Morgan fingerprint density at radius 2 is 1.44 bits per heavy atom. The maximum atomic E-state index is 15.5. The van der Waals surface area contributed by atoms with Gasteiger partial charge < -0.3 is 44.4 Å². The van der Waals surface area contributed by atoms with Crippen LogP contribution in [0.15, 0.2) is 102 Å². The van der Waals surface area contributed by atoms with Crippen molar-refractivity contribution in [1.29, 1.82) is 0 Å². The van der Waals surface area contributed by atoms with Gasteiger partial charge in [0.2, 0.25) is 0 Å². The first-order valence-corrected chi connectivity index (χ1v) is 20.8. The van der Waals surface area contributed by atoms with Gasteiger partial charge in [-0.3, -0.25) is 14.4 Å². The molecular weight excluding hydrogens is 799 g/mol. The molecule has 328 valence electrons. The molecule has 0 spiro atoms. The molecule has 4 N–H and O–H groups in total. The van der Waals surface area contributed by atoms with Crippen molar-refractivity contribution in [2.45, 2.75) is 109 Å². The Kier molecular flexibility index (Phi) is 11.9. The number of fused-ring (bicyclic) bond motifs is 5. The van der Waals surface area contributed by atoms with Crippen LogP contribution >= 0.6 is 0 Å². The first-order chi connectivity index (χ1) is 29.3. The molecule has 14 heteroatoms.